The quantitative estimate of drug-likeness (QED) is 0.785. The summed E-state index contributed by atoms with van der Waals surface area (Å²) in [5, 5.41) is 4.43. The summed E-state index contributed by atoms with van der Waals surface area (Å²) in [6.45, 7) is 4.07. The van der Waals surface area contributed by atoms with E-state index < -0.39 is 11.8 Å². The molecule has 28 heavy (non-hydrogen) atoms. The van der Waals surface area contributed by atoms with Crippen LogP contribution in [0.3, 0.4) is 0 Å². The van der Waals surface area contributed by atoms with Gasteiger partial charge >= 0.3 is 0 Å². The summed E-state index contributed by atoms with van der Waals surface area (Å²) in [7, 11) is 0. The van der Waals surface area contributed by atoms with Gasteiger partial charge in [0.1, 0.15) is 6.54 Å². The average molecular weight is 383 g/mol. The highest BCUT2D eigenvalue weighted by Crippen LogP contribution is 2.17. The fourth-order valence-corrected chi connectivity index (χ4v) is 3.40. The number of aryl methyl sites for hydroxylation is 1. The molecule has 1 aromatic heterocycles. The van der Waals surface area contributed by atoms with Crippen molar-refractivity contribution in [3.05, 3.63) is 47.3 Å². The number of hydrogen-bond acceptors (Lipinski definition) is 4. The predicted octanol–water partition coefficient (Wildman–Crippen LogP) is 1.65. The maximum Gasteiger partial charge on any atom is 0.273 e. The van der Waals surface area contributed by atoms with Gasteiger partial charge in [-0.15, -0.1) is 0 Å². The van der Waals surface area contributed by atoms with E-state index in [4.69, 9.17) is 0 Å². The molecule has 0 spiro atoms. The van der Waals surface area contributed by atoms with Crippen LogP contribution in [0, 0.1) is 13.8 Å². The van der Waals surface area contributed by atoms with Crippen LogP contribution in [0.5, 0.6) is 0 Å². The van der Waals surface area contributed by atoms with Crippen LogP contribution in [-0.2, 0) is 9.59 Å². The summed E-state index contributed by atoms with van der Waals surface area (Å²) < 4.78 is 1.70. The SMILES string of the molecule is Cc1nn(-c2ccccc2)c(C)c1C(=O)NNC(=O)CN1CCCCCC1=O. The zero-order valence-electron chi connectivity index (χ0n) is 16.2. The van der Waals surface area contributed by atoms with Gasteiger partial charge in [-0.3, -0.25) is 25.2 Å². The topological polar surface area (TPSA) is 96.3 Å². The van der Waals surface area contributed by atoms with Gasteiger partial charge in [-0.25, -0.2) is 4.68 Å². The molecule has 0 unspecified atom stereocenters. The Balaban J connectivity index is 1.63. The number of carbonyl (C=O) groups is 3. The van der Waals surface area contributed by atoms with Crippen molar-refractivity contribution in [2.24, 2.45) is 0 Å². The molecule has 0 aliphatic carbocycles. The lowest BCUT2D eigenvalue weighted by molar-refractivity contribution is -0.135. The number of likely N-dealkylation sites (tertiary alicyclic amines) is 1. The first-order valence-electron chi connectivity index (χ1n) is 9.46. The number of rotatable bonds is 4. The molecular weight excluding hydrogens is 358 g/mol. The Kier molecular flexibility index (Phi) is 6.08. The third-order valence-corrected chi connectivity index (χ3v) is 4.84. The predicted molar refractivity (Wildman–Crippen MR) is 104 cm³/mol. The Bertz CT molecular complexity index is 875. The molecule has 8 nitrogen and oxygen atoms in total. The van der Waals surface area contributed by atoms with E-state index in [2.05, 4.69) is 16.0 Å². The number of hydrogen-bond donors (Lipinski definition) is 2. The zero-order chi connectivity index (χ0) is 20.1. The van der Waals surface area contributed by atoms with Gasteiger partial charge in [-0.05, 0) is 38.8 Å². The first-order valence-corrected chi connectivity index (χ1v) is 9.46. The van der Waals surface area contributed by atoms with Crippen LogP contribution in [0.4, 0.5) is 0 Å². The van der Waals surface area contributed by atoms with Crippen molar-refractivity contribution in [3.63, 3.8) is 0 Å². The molecule has 148 valence electrons. The number of amides is 3. The van der Waals surface area contributed by atoms with Gasteiger partial charge in [-0.2, -0.15) is 5.10 Å². The Morgan fingerprint density at radius 3 is 2.57 bits per heavy atom. The number of para-hydroxylation sites is 1. The van der Waals surface area contributed by atoms with E-state index >= 15 is 0 Å². The number of nitrogens with one attached hydrogen (secondary N) is 2. The van der Waals surface area contributed by atoms with Crippen LogP contribution in [0.1, 0.15) is 47.4 Å². The highest BCUT2D eigenvalue weighted by molar-refractivity contribution is 5.97. The molecule has 2 heterocycles. The van der Waals surface area contributed by atoms with Crippen molar-refractivity contribution in [3.8, 4) is 5.69 Å². The number of hydrazine groups is 1. The van der Waals surface area contributed by atoms with E-state index in [0.29, 0.717) is 29.9 Å². The molecule has 1 aliphatic heterocycles. The van der Waals surface area contributed by atoms with Crippen molar-refractivity contribution in [1.82, 2.24) is 25.5 Å². The van der Waals surface area contributed by atoms with E-state index in [9.17, 15) is 14.4 Å². The van der Waals surface area contributed by atoms with Crippen molar-refractivity contribution in [2.75, 3.05) is 13.1 Å². The van der Waals surface area contributed by atoms with Gasteiger partial charge < -0.3 is 4.90 Å². The molecule has 3 amide bonds. The Labute approximate surface area is 163 Å². The van der Waals surface area contributed by atoms with E-state index in [-0.39, 0.29) is 12.5 Å². The average Bonchev–Trinajstić information content (AvgIpc) is 2.84. The first-order chi connectivity index (χ1) is 13.5. The molecule has 8 heteroatoms. The maximum absolute atomic E-state index is 12.6. The molecule has 1 aromatic carbocycles. The molecular formula is C20H25N5O3. The number of carbonyl (C=O) groups excluding carboxylic acids is 3. The molecule has 1 saturated heterocycles. The molecule has 0 atom stereocenters. The Hall–Kier alpha value is -3.16. The molecule has 0 bridgehead atoms. The van der Waals surface area contributed by atoms with Crippen LogP contribution in [0.25, 0.3) is 5.69 Å². The summed E-state index contributed by atoms with van der Waals surface area (Å²) in [5.41, 5.74) is 7.35. The molecule has 1 aliphatic rings. The van der Waals surface area contributed by atoms with E-state index in [1.807, 2.05) is 30.3 Å². The van der Waals surface area contributed by atoms with Crippen molar-refractivity contribution >= 4 is 17.7 Å². The second kappa shape index (κ2) is 8.69. The molecule has 0 radical (unpaired) electrons. The fraction of sp³-hybridized carbons (Fsp3) is 0.400. The molecule has 2 aromatic rings. The van der Waals surface area contributed by atoms with Crippen molar-refractivity contribution in [2.45, 2.75) is 39.5 Å². The number of nitrogens with zero attached hydrogens (tertiary/aromatic N) is 3. The minimum absolute atomic E-state index is 0.0187. The summed E-state index contributed by atoms with van der Waals surface area (Å²) in [6.07, 6.45) is 3.21. The minimum Gasteiger partial charge on any atom is -0.333 e. The normalized spacial score (nSPS) is 14.5. The lowest BCUT2D eigenvalue weighted by Crippen LogP contribution is -2.47. The van der Waals surface area contributed by atoms with Gasteiger partial charge in [0.25, 0.3) is 11.8 Å². The smallest absolute Gasteiger partial charge is 0.273 e. The highest BCUT2D eigenvalue weighted by Gasteiger charge is 2.22. The summed E-state index contributed by atoms with van der Waals surface area (Å²) in [5.74, 6) is -0.878. The van der Waals surface area contributed by atoms with E-state index in [1.165, 1.54) is 0 Å². The standard InChI is InChI=1S/C20H25N5O3/c1-14-19(15(2)25(23-14)16-9-5-3-6-10-16)20(28)22-21-17(26)13-24-12-8-4-7-11-18(24)27/h3,5-6,9-10H,4,7-8,11-13H2,1-2H3,(H,21,26)(H,22,28). The summed E-state index contributed by atoms with van der Waals surface area (Å²) in [4.78, 5) is 38.3. The number of aromatic nitrogens is 2. The Morgan fingerprint density at radius 2 is 1.82 bits per heavy atom. The third kappa shape index (κ3) is 4.39. The van der Waals surface area contributed by atoms with Crippen LogP contribution < -0.4 is 10.9 Å². The molecule has 0 saturated carbocycles. The zero-order valence-corrected chi connectivity index (χ0v) is 16.2. The van der Waals surface area contributed by atoms with Gasteiger partial charge in [0, 0.05) is 13.0 Å². The summed E-state index contributed by atoms with van der Waals surface area (Å²) in [6, 6.07) is 9.52. The first kappa shape index (κ1) is 19.6. The monoisotopic (exact) mass is 383 g/mol. The van der Waals surface area contributed by atoms with E-state index in [0.717, 1.165) is 24.9 Å². The lowest BCUT2D eigenvalue weighted by atomic mass is 10.2. The van der Waals surface area contributed by atoms with Crippen LogP contribution >= 0.6 is 0 Å². The van der Waals surface area contributed by atoms with E-state index in [1.54, 1.807) is 23.4 Å². The maximum atomic E-state index is 12.6. The minimum atomic E-state index is -0.437. The molecule has 3 rings (SSSR count). The highest BCUT2D eigenvalue weighted by atomic mass is 16.2. The van der Waals surface area contributed by atoms with Gasteiger partial charge in [0.2, 0.25) is 5.91 Å². The number of benzene rings is 1. The largest absolute Gasteiger partial charge is 0.333 e. The third-order valence-electron chi connectivity index (χ3n) is 4.84. The van der Waals surface area contributed by atoms with Gasteiger partial charge in [0.05, 0.1) is 22.6 Å². The van der Waals surface area contributed by atoms with Crippen molar-refractivity contribution < 1.29 is 14.4 Å². The van der Waals surface area contributed by atoms with Crippen LogP contribution in [0.15, 0.2) is 30.3 Å². The fourth-order valence-electron chi connectivity index (χ4n) is 3.40. The van der Waals surface area contributed by atoms with Gasteiger partial charge in [0.15, 0.2) is 0 Å². The summed E-state index contributed by atoms with van der Waals surface area (Å²) >= 11 is 0. The van der Waals surface area contributed by atoms with Crippen LogP contribution in [-0.4, -0.2) is 45.5 Å². The lowest BCUT2D eigenvalue weighted by Gasteiger charge is -2.19. The van der Waals surface area contributed by atoms with Crippen LogP contribution in [0.2, 0.25) is 0 Å². The molecule has 2 N–H and O–H groups in total. The Morgan fingerprint density at radius 1 is 1.07 bits per heavy atom. The van der Waals surface area contributed by atoms with Crippen molar-refractivity contribution in [1.29, 1.82) is 0 Å². The van der Waals surface area contributed by atoms with Gasteiger partial charge in [-0.1, -0.05) is 24.6 Å². The molecule has 1 fully saturated rings. The second-order valence-corrected chi connectivity index (χ2v) is 6.92. The second-order valence-electron chi connectivity index (χ2n) is 6.92.